The molecule has 2 aromatic carbocycles. The minimum atomic E-state index is -0.376. The molecule has 2 N–H and O–H groups in total. The number of carbonyl (C=O) groups excluding carboxylic acids is 2. The molecular formula is C30H36N4O5. The molecule has 0 fully saturated rings. The standard InChI is InChI=1S/C30H36N4O5/c1-20-16-34(21(2)19-35)30(37)25-6-5-7-26(32-29(36)23-12-14-31-15-13-23)28(25)39-27(20)18-33(3)17-22-8-10-24(38-4)11-9-22/h5-15,20-21,27,35H,16-19H2,1-4H3,(H,32,36)/t20-,21?,27+/m1/s1. The van der Waals surface area contributed by atoms with Gasteiger partial charge in [-0.15, -0.1) is 0 Å². The van der Waals surface area contributed by atoms with E-state index in [1.54, 1.807) is 54.7 Å². The fourth-order valence-electron chi connectivity index (χ4n) is 4.67. The van der Waals surface area contributed by atoms with E-state index >= 15 is 0 Å². The summed E-state index contributed by atoms with van der Waals surface area (Å²) < 4.78 is 11.9. The fraction of sp³-hybridized carbons (Fsp3) is 0.367. The summed E-state index contributed by atoms with van der Waals surface area (Å²) >= 11 is 0. The maximum atomic E-state index is 13.7. The highest BCUT2D eigenvalue weighted by molar-refractivity contribution is 6.07. The number of aromatic nitrogens is 1. The number of benzene rings is 2. The molecule has 0 saturated carbocycles. The number of anilines is 1. The molecule has 1 unspecified atom stereocenters. The maximum Gasteiger partial charge on any atom is 0.258 e. The van der Waals surface area contributed by atoms with Crippen molar-refractivity contribution < 1.29 is 24.2 Å². The molecule has 0 aliphatic carbocycles. The van der Waals surface area contributed by atoms with Gasteiger partial charge in [0, 0.05) is 43.5 Å². The molecule has 2 heterocycles. The number of ether oxygens (including phenoxy) is 2. The quantitative estimate of drug-likeness (QED) is 0.433. The summed E-state index contributed by atoms with van der Waals surface area (Å²) in [5.74, 6) is 0.501. The van der Waals surface area contributed by atoms with E-state index in [1.807, 2.05) is 45.2 Å². The summed E-state index contributed by atoms with van der Waals surface area (Å²) in [4.78, 5) is 34.5. The van der Waals surface area contributed by atoms with Gasteiger partial charge < -0.3 is 24.8 Å². The van der Waals surface area contributed by atoms with Crippen molar-refractivity contribution in [3.63, 3.8) is 0 Å². The fourth-order valence-corrected chi connectivity index (χ4v) is 4.67. The molecule has 3 aromatic rings. The van der Waals surface area contributed by atoms with Crippen LogP contribution in [0, 0.1) is 5.92 Å². The summed E-state index contributed by atoms with van der Waals surface area (Å²) in [6, 6.07) is 16.0. The van der Waals surface area contributed by atoms with Gasteiger partial charge in [0.05, 0.1) is 31.0 Å². The summed E-state index contributed by atoms with van der Waals surface area (Å²) in [5.41, 5.74) is 2.33. The van der Waals surface area contributed by atoms with Crippen molar-refractivity contribution in [2.45, 2.75) is 32.5 Å². The third-order valence-corrected chi connectivity index (χ3v) is 6.99. The topological polar surface area (TPSA) is 104 Å². The van der Waals surface area contributed by atoms with Gasteiger partial charge in [-0.2, -0.15) is 0 Å². The second-order valence-corrected chi connectivity index (χ2v) is 10.0. The summed E-state index contributed by atoms with van der Waals surface area (Å²) in [5, 5.41) is 12.8. The van der Waals surface area contributed by atoms with Crippen LogP contribution in [-0.4, -0.2) is 77.7 Å². The van der Waals surface area contributed by atoms with Gasteiger partial charge in [0.1, 0.15) is 11.9 Å². The number of nitrogens with one attached hydrogen (secondary N) is 1. The van der Waals surface area contributed by atoms with E-state index in [0.29, 0.717) is 42.2 Å². The van der Waals surface area contributed by atoms with Crippen molar-refractivity contribution in [3.8, 4) is 11.5 Å². The van der Waals surface area contributed by atoms with Crippen molar-refractivity contribution >= 4 is 17.5 Å². The number of fused-ring (bicyclic) bond motifs is 1. The normalized spacial score (nSPS) is 18.0. The molecule has 9 heteroatoms. The molecule has 1 aromatic heterocycles. The van der Waals surface area contributed by atoms with E-state index in [4.69, 9.17) is 9.47 Å². The second kappa shape index (κ2) is 12.7. The molecule has 4 rings (SSSR count). The number of rotatable bonds is 9. The molecule has 0 saturated heterocycles. The lowest BCUT2D eigenvalue weighted by Crippen LogP contribution is -2.49. The Bertz CT molecular complexity index is 1270. The Kier molecular flexibility index (Phi) is 9.16. The number of methoxy groups -OCH3 is 1. The second-order valence-electron chi connectivity index (χ2n) is 10.0. The number of likely N-dealkylation sites (N-methyl/N-ethyl adjacent to an activating group) is 1. The molecule has 2 amide bonds. The van der Waals surface area contributed by atoms with Gasteiger partial charge in [-0.3, -0.25) is 19.5 Å². The highest BCUT2D eigenvalue weighted by atomic mass is 16.5. The highest BCUT2D eigenvalue weighted by Crippen LogP contribution is 2.35. The Labute approximate surface area is 229 Å². The van der Waals surface area contributed by atoms with Gasteiger partial charge in [0.2, 0.25) is 0 Å². The molecule has 3 atom stereocenters. The van der Waals surface area contributed by atoms with Gasteiger partial charge in [-0.25, -0.2) is 0 Å². The highest BCUT2D eigenvalue weighted by Gasteiger charge is 2.34. The molecule has 39 heavy (non-hydrogen) atoms. The number of aliphatic hydroxyl groups excluding tert-OH is 1. The van der Waals surface area contributed by atoms with Crippen molar-refractivity contribution in [1.82, 2.24) is 14.8 Å². The SMILES string of the molecule is COc1ccc(CN(C)C[C@@H]2Oc3c(NC(=O)c4ccncc4)cccc3C(=O)N(C(C)CO)C[C@H]2C)cc1. The lowest BCUT2D eigenvalue weighted by Gasteiger charge is -2.38. The Morgan fingerprint density at radius 2 is 1.92 bits per heavy atom. The first-order chi connectivity index (χ1) is 18.8. The van der Waals surface area contributed by atoms with Crippen molar-refractivity contribution in [1.29, 1.82) is 0 Å². The third kappa shape index (κ3) is 6.74. The van der Waals surface area contributed by atoms with Crippen LogP contribution in [0.2, 0.25) is 0 Å². The molecule has 0 bridgehead atoms. The van der Waals surface area contributed by atoms with Crippen LogP contribution < -0.4 is 14.8 Å². The predicted octanol–water partition coefficient (Wildman–Crippen LogP) is 3.69. The Hall–Kier alpha value is -3.95. The van der Waals surface area contributed by atoms with Crippen molar-refractivity contribution in [2.75, 3.05) is 39.2 Å². The van der Waals surface area contributed by atoms with Gasteiger partial charge in [-0.05, 0) is 55.9 Å². The van der Waals surface area contributed by atoms with Crippen LogP contribution in [0.1, 0.15) is 40.1 Å². The average Bonchev–Trinajstić information content (AvgIpc) is 2.95. The predicted molar refractivity (Wildman–Crippen MR) is 149 cm³/mol. The molecule has 0 radical (unpaired) electrons. The van der Waals surface area contributed by atoms with E-state index < -0.39 is 0 Å². The number of pyridine rings is 1. The Morgan fingerprint density at radius 3 is 2.59 bits per heavy atom. The third-order valence-electron chi connectivity index (χ3n) is 6.99. The molecular weight excluding hydrogens is 496 g/mol. The minimum Gasteiger partial charge on any atom is -0.497 e. The molecule has 1 aliphatic rings. The van der Waals surface area contributed by atoms with Crippen molar-refractivity contribution in [2.24, 2.45) is 5.92 Å². The summed E-state index contributed by atoms with van der Waals surface area (Å²) in [6.45, 7) is 5.41. The van der Waals surface area contributed by atoms with Crippen LogP contribution in [0.3, 0.4) is 0 Å². The Balaban J connectivity index is 1.64. The van der Waals surface area contributed by atoms with Crippen LogP contribution in [0.15, 0.2) is 67.0 Å². The Morgan fingerprint density at radius 1 is 1.21 bits per heavy atom. The first-order valence-corrected chi connectivity index (χ1v) is 13.0. The molecule has 9 nitrogen and oxygen atoms in total. The minimum absolute atomic E-state index is 0.0571. The number of nitrogens with zero attached hydrogens (tertiary/aromatic N) is 3. The number of hydrogen-bond donors (Lipinski definition) is 2. The number of aliphatic hydroxyl groups is 1. The van der Waals surface area contributed by atoms with Gasteiger partial charge in [-0.1, -0.05) is 25.1 Å². The number of amides is 2. The van der Waals surface area contributed by atoms with Crippen LogP contribution in [-0.2, 0) is 6.54 Å². The van der Waals surface area contributed by atoms with Gasteiger partial charge in [0.15, 0.2) is 5.75 Å². The van der Waals surface area contributed by atoms with E-state index in [0.717, 1.165) is 11.3 Å². The molecule has 206 valence electrons. The zero-order valence-electron chi connectivity index (χ0n) is 22.8. The zero-order valence-corrected chi connectivity index (χ0v) is 22.8. The largest absolute Gasteiger partial charge is 0.497 e. The molecule has 1 aliphatic heterocycles. The first kappa shape index (κ1) is 28.1. The number of carbonyl (C=O) groups is 2. The zero-order chi connectivity index (χ0) is 27.9. The monoisotopic (exact) mass is 532 g/mol. The van der Waals surface area contributed by atoms with Crippen LogP contribution in [0.5, 0.6) is 11.5 Å². The summed E-state index contributed by atoms with van der Waals surface area (Å²) in [6.07, 6.45) is 2.80. The van der Waals surface area contributed by atoms with E-state index in [9.17, 15) is 14.7 Å². The maximum absolute atomic E-state index is 13.7. The number of hydrogen-bond acceptors (Lipinski definition) is 7. The van der Waals surface area contributed by atoms with Crippen LogP contribution >= 0.6 is 0 Å². The van der Waals surface area contributed by atoms with Gasteiger partial charge in [0.25, 0.3) is 11.8 Å². The lowest BCUT2D eigenvalue weighted by molar-refractivity contribution is 0.0343. The van der Waals surface area contributed by atoms with Gasteiger partial charge >= 0.3 is 0 Å². The van der Waals surface area contributed by atoms with E-state index in [2.05, 4.69) is 15.2 Å². The smallest absolute Gasteiger partial charge is 0.258 e. The number of para-hydroxylation sites is 1. The average molecular weight is 533 g/mol. The van der Waals surface area contributed by atoms with Crippen LogP contribution in [0.4, 0.5) is 5.69 Å². The summed E-state index contributed by atoms with van der Waals surface area (Å²) in [7, 11) is 3.67. The molecule has 0 spiro atoms. The van der Waals surface area contributed by atoms with E-state index in [-0.39, 0.29) is 36.5 Å². The lowest BCUT2D eigenvalue weighted by atomic mass is 9.98. The first-order valence-electron chi connectivity index (χ1n) is 13.0. The van der Waals surface area contributed by atoms with Crippen LogP contribution in [0.25, 0.3) is 0 Å². The van der Waals surface area contributed by atoms with Crippen molar-refractivity contribution in [3.05, 3.63) is 83.7 Å². The van der Waals surface area contributed by atoms with E-state index in [1.165, 1.54) is 0 Å².